The van der Waals surface area contributed by atoms with Gasteiger partial charge >= 0.3 is 0 Å². The molecule has 4 heteroatoms. The number of fused-ring (bicyclic) bond motifs is 1. The van der Waals surface area contributed by atoms with E-state index in [0.29, 0.717) is 12.3 Å². The number of carbonyl (C=O) groups is 1. The van der Waals surface area contributed by atoms with E-state index in [1.54, 1.807) is 12.1 Å². The lowest BCUT2D eigenvalue weighted by Gasteiger charge is -2.40. The summed E-state index contributed by atoms with van der Waals surface area (Å²) in [6.07, 6.45) is 2.65. The average Bonchev–Trinajstić information content (AvgIpc) is 2.84. The third kappa shape index (κ3) is 2.41. The summed E-state index contributed by atoms with van der Waals surface area (Å²) in [5, 5.41) is 3.35. The van der Waals surface area contributed by atoms with Crippen molar-refractivity contribution in [1.29, 1.82) is 0 Å². The summed E-state index contributed by atoms with van der Waals surface area (Å²) in [6.45, 7) is 6.75. The van der Waals surface area contributed by atoms with Gasteiger partial charge in [-0.1, -0.05) is 19.9 Å². The van der Waals surface area contributed by atoms with Crippen LogP contribution in [0, 0.1) is 11.7 Å². The minimum atomic E-state index is -0.186. The number of likely N-dealkylation sites (tertiary alicyclic amines) is 1. The minimum absolute atomic E-state index is 0.0460. The molecule has 0 spiro atoms. The van der Waals surface area contributed by atoms with Crippen LogP contribution >= 0.6 is 0 Å². The SMILES string of the molecule is CCC(=O)N1CCC(C2(C)CNc3cc(F)ccc32)CC1. The molecule has 0 radical (unpaired) electrons. The lowest BCUT2D eigenvalue weighted by Crippen LogP contribution is -2.44. The summed E-state index contributed by atoms with van der Waals surface area (Å²) in [7, 11) is 0. The Morgan fingerprint density at radius 1 is 1.43 bits per heavy atom. The lowest BCUT2D eigenvalue weighted by atomic mass is 9.69. The Bertz CT molecular complexity index is 552. The fourth-order valence-corrected chi connectivity index (χ4v) is 3.89. The molecule has 21 heavy (non-hydrogen) atoms. The number of piperidine rings is 1. The average molecular weight is 290 g/mol. The molecule has 0 aliphatic carbocycles. The second-order valence-electron chi connectivity index (χ2n) is 6.47. The zero-order chi connectivity index (χ0) is 15.0. The molecule has 114 valence electrons. The number of nitrogens with zero attached hydrogens (tertiary/aromatic N) is 1. The van der Waals surface area contributed by atoms with Gasteiger partial charge in [0.15, 0.2) is 0 Å². The number of halogens is 1. The van der Waals surface area contributed by atoms with Crippen LogP contribution in [0.15, 0.2) is 18.2 Å². The largest absolute Gasteiger partial charge is 0.384 e. The van der Waals surface area contributed by atoms with Crippen molar-refractivity contribution in [2.75, 3.05) is 25.0 Å². The van der Waals surface area contributed by atoms with Crippen LogP contribution in [-0.2, 0) is 10.2 Å². The molecule has 2 heterocycles. The first kappa shape index (κ1) is 14.4. The highest BCUT2D eigenvalue weighted by atomic mass is 19.1. The van der Waals surface area contributed by atoms with Crippen LogP contribution < -0.4 is 5.32 Å². The van der Waals surface area contributed by atoms with E-state index in [1.807, 2.05) is 17.9 Å². The molecular weight excluding hydrogens is 267 g/mol. The molecule has 1 aromatic rings. The molecule has 3 rings (SSSR count). The van der Waals surface area contributed by atoms with E-state index >= 15 is 0 Å². The van der Waals surface area contributed by atoms with Gasteiger partial charge in [0.05, 0.1) is 0 Å². The van der Waals surface area contributed by atoms with Crippen LogP contribution in [-0.4, -0.2) is 30.4 Å². The van der Waals surface area contributed by atoms with Gasteiger partial charge in [0.1, 0.15) is 5.82 Å². The first-order valence-electron chi connectivity index (χ1n) is 7.86. The van der Waals surface area contributed by atoms with E-state index in [0.717, 1.165) is 38.2 Å². The van der Waals surface area contributed by atoms with Crippen LogP contribution in [0.4, 0.5) is 10.1 Å². The Morgan fingerprint density at radius 2 is 2.14 bits per heavy atom. The molecular formula is C17H23FN2O. The zero-order valence-corrected chi connectivity index (χ0v) is 12.8. The Morgan fingerprint density at radius 3 is 2.81 bits per heavy atom. The van der Waals surface area contributed by atoms with Gasteiger partial charge in [-0.15, -0.1) is 0 Å². The first-order chi connectivity index (χ1) is 10.0. The van der Waals surface area contributed by atoms with Crippen LogP contribution in [0.5, 0.6) is 0 Å². The molecule has 0 bridgehead atoms. The van der Waals surface area contributed by atoms with Crippen LogP contribution in [0.3, 0.4) is 0 Å². The van der Waals surface area contributed by atoms with E-state index in [1.165, 1.54) is 5.56 Å². The number of amides is 1. The topological polar surface area (TPSA) is 32.3 Å². The summed E-state index contributed by atoms with van der Waals surface area (Å²) in [5.74, 6) is 0.608. The van der Waals surface area contributed by atoms with Gasteiger partial charge in [-0.05, 0) is 36.5 Å². The van der Waals surface area contributed by atoms with Crippen molar-refractivity contribution >= 4 is 11.6 Å². The van der Waals surface area contributed by atoms with E-state index in [-0.39, 0.29) is 17.1 Å². The molecule has 0 saturated carbocycles. The molecule has 1 unspecified atom stereocenters. The van der Waals surface area contributed by atoms with E-state index in [9.17, 15) is 9.18 Å². The maximum absolute atomic E-state index is 13.4. The maximum Gasteiger partial charge on any atom is 0.222 e. The first-order valence-corrected chi connectivity index (χ1v) is 7.86. The molecule has 1 atom stereocenters. The summed E-state index contributed by atoms with van der Waals surface area (Å²) >= 11 is 0. The van der Waals surface area contributed by atoms with Gasteiger partial charge in [0, 0.05) is 37.2 Å². The highest BCUT2D eigenvalue weighted by Crippen LogP contribution is 2.45. The van der Waals surface area contributed by atoms with Gasteiger partial charge in [0.2, 0.25) is 5.91 Å². The van der Waals surface area contributed by atoms with E-state index < -0.39 is 0 Å². The molecule has 2 aliphatic rings. The van der Waals surface area contributed by atoms with Crippen molar-refractivity contribution in [3.05, 3.63) is 29.6 Å². The van der Waals surface area contributed by atoms with Gasteiger partial charge in [-0.25, -0.2) is 4.39 Å². The van der Waals surface area contributed by atoms with Crippen molar-refractivity contribution in [2.24, 2.45) is 5.92 Å². The second kappa shape index (κ2) is 5.32. The van der Waals surface area contributed by atoms with Crippen LogP contribution in [0.1, 0.15) is 38.7 Å². The second-order valence-corrected chi connectivity index (χ2v) is 6.47. The van der Waals surface area contributed by atoms with Crippen molar-refractivity contribution < 1.29 is 9.18 Å². The fraction of sp³-hybridized carbons (Fsp3) is 0.588. The molecule has 1 aromatic carbocycles. The van der Waals surface area contributed by atoms with Crippen LogP contribution in [0.2, 0.25) is 0 Å². The molecule has 2 aliphatic heterocycles. The highest BCUT2D eigenvalue weighted by molar-refractivity contribution is 5.75. The number of rotatable bonds is 2. The monoisotopic (exact) mass is 290 g/mol. The predicted molar refractivity (Wildman–Crippen MR) is 81.8 cm³/mol. The summed E-state index contributed by atoms with van der Waals surface area (Å²) < 4.78 is 13.4. The zero-order valence-electron chi connectivity index (χ0n) is 12.8. The summed E-state index contributed by atoms with van der Waals surface area (Å²) in [5.41, 5.74) is 2.21. The summed E-state index contributed by atoms with van der Waals surface area (Å²) in [6, 6.07) is 5.07. The van der Waals surface area contributed by atoms with E-state index in [2.05, 4.69) is 12.2 Å². The highest BCUT2D eigenvalue weighted by Gasteiger charge is 2.42. The van der Waals surface area contributed by atoms with Crippen molar-refractivity contribution in [3.63, 3.8) is 0 Å². The van der Waals surface area contributed by atoms with Crippen molar-refractivity contribution in [1.82, 2.24) is 4.90 Å². The Labute approximate surface area is 125 Å². The molecule has 1 fully saturated rings. The van der Waals surface area contributed by atoms with E-state index in [4.69, 9.17) is 0 Å². The third-order valence-corrected chi connectivity index (χ3v) is 5.29. The maximum atomic E-state index is 13.4. The number of benzene rings is 1. The smallest absolute Gasteiger partial charge is 0.222 e. The standard InChI is InChI=1S/C17H23FN2O/c1-3-16(21)20-8-6-12(7-9-20)17(2)11-19-15-10-13(18)4-5-14(15)17/h4-5,10,12,19H,3,6-9,11H2,1-2H3. The Kier molecular flexibility index (Phi) is 3.64. The van der Waals surface area contributed by atoms with Gasteiger partial charge in [-0.3, -0.25) is 4.79 Å². The van der Waals surface area contributed by atoms with Gasteiger partial charge in [0.25, 0.3) is 0 Å². The molecule has 1 amide bonds. The number of hydrogen-bond donors (Lipinski definition) is 1. The third-order valence-electron chi connectivity index (χ3n) is 5.29. The molecule has 3 nitrogen and oxygen atoms in total. The van der Waals surface area contributed by atoms with Gasteiger partial charge in [-0.2, -0.15) is 0 Å². The number of nitrogens with one attached hydrogen (secondary N) is 1. The molecule has 0 aromatic heterocycles. The van der Waals surface area contributed by atoms with Crippen molar-refractivity contribution in [2.45, 2.75) is 38.5 Å². The number of hydrogen-bond acceptors (Lipinski definition) is 2. The fourth-order valence-electron chi connectivity index (χ4n) is 3.89. The Balaban J connectivity index is 1.76. The summed E-state index contributed by atoms with van der Waals surface area (Å²) in [4.78, 5) is 13.8. The quantitative estimate of drug-likeness (QED) is 0.907. The lowest BCUT2D eigenvalue weighted by molar-refractivity contribution is -0.132. The number of anilines is 1. The van der Waals surface area contributed by atoms with Gasteiger partial charge < -0.3 is 10.2 Å². The number of carbonyl (C=O) groups excluding carboxylic acids is 1. The normalized spacial score (nSPS) is 25.6. The minimum Gasteiger partial charge on any atom is -0.384 e. The Hall–Kier alpha value is -1.58. The van der Waals surface area contributed by atoms with Crippen LogP contribution in [0.25, 0.3) is 0 Å². The predicted octanol–water partition coefficient (Wildman–Crippen LogP) is 3.16. The molecule has 1 N–H and O–H groups in total. The molecule has 1 saturated heterocycles. The van der Waals surface area contributed by atoms with Crippen molar-refractivity contribution in [3.8, 4) is 0 Å².